The molecule has 2 heterocycles. The summed E-state index contributed by atoms with van der Waals surface area (Å²) in [6.45, 7) is 7.45. The number of hydrogen-bond acceptors (Lipinski definition) is 10. The van der Waals surface area contributed by atoms with Crippen LogP contribution < -0.4 is 28.6 Å². The lowest BCUT2D eigenvalue weighted by Crippen LogP contribution is -2.37. The minimum Gasteiger partial charge on any atom is -0.497 e. The highest BCUT2D eigenvalue weighted by Gasteiger charge is 2.48. The van der Waals surface area contributed by atoms with Gasteiger partial charge in [-0.3, -0.25) is 0 Å². The molecule has 13 rings (SSSR count). The second-order valence-electron chi connectivity index (χ2n) is 23.8. The normalized spacial score (nSPS) is 19.3. The Morgan fingerprint density at radius 2 is 1.17 bits per heavy atom. The Bertz CT molecular complexity index is 4000. The maximum Gasteiger partial charge on any atom is 0.343 e. The Morgan fingerprint density at radius 3 is 1.77 bits per heavy atom. The Kier molecular flexibility index (Phi) is 16.5. The zero-order valence-electron chi connectivity index (χ0n) is 50.9. The van der Waals surface area contributed by atoms with Crippen LogP contribution in [0.1, 0.15) is 132 Å². The average Bonchev–Trinajstić information content (AvgIpc) is 1.47. The number of anilines is 1. The van der Waals surface area contributed by atoms with Crippen LogP contribution in [0.4, 0.5) is 5.69 Å². The van der Waals surface area contributed by atoms with Gasteiger partial charge in [0.25, 0.3) is 0 Å². The first-order valence-electron chi connectivity index (χ1n) is 31.3. The Morgan fingerprint density at radius 1 is 0.591 bits per heavy atom. The van der Waals surface area contributed by atoms with Crippen molar-refractivity contribution < 1.29 is 42.7 Å². The first kappa shape index (κ1) is 58.1. The van der Waals surface area contributed by atoms with E-state index in [0.29, 0.717) is 53.9 Å². The lowest BCUT2D eigenvalue weighted by Gasteiger charge is -2.39. The third kappa shape index (κ3) is 10.9. The molecule has 0 N–H and O–H groups in total. The molecule has 1 saturated carbocycles. The fourth-order valence-corrected chi connectivity index (χ4v) is 14.1. The molecule has 9 aromatic carbocycles. The largest absolute Gasteiger partial charge is 0.497 e. The van der Waals surface area contributed by atoms with Crippen LogP contribution in [0, 0.1) is 5.92 Å². The Balaban J connectivity index is 0.742. The second-order valence-corrected chi connectivity index (χ2v) is 23.8. The number of esters is 2. The molecule has 88 heavy (non-hydrogen) atoms. The summed E-state index contributed by atoms with van der Waals surface area (Å²) >= 11 is 0. The summed E-state index contributed by atoms with van der Waals surface area (Å²) in [7, 11) is 5.02. The van der Waals surface area contributed by atoms with E-state index in [9.17, 15) is 9.59 Å². The van der Waals surface area contributed by atoms with E-state index in [1.165, 1.54) is 56.9 Å². The number of carbonyl (C=O) groups is 2. The Hall–Kier alpha value is -8.96. The smallest absolute Gasteiger partial charge is 0.343 e. The van der Waals surface area contributed by atoms with Crippen molar-refractivity contribution in [1.29, 1.82) is 0 Å². The number of rotatable bonds is 18. The van der Waals surface area contributed by atoms with E-state index >= 15 is 0 Å². The van der Waals surface area contributed by atoms with Gasteiger partial charge >= 0.3 is 11.9 Å². The third-order valence-corrected chi connectivity index (χ3v) is 19.0. The van der Waals surface area contributed by atoms with Gasteiger partial charge in [-0.2, -0.15) is 0 Å². The van der Waals surface area contributed by atoms with Crippen LogP contribution in [-0.4, -0.2) is 59.6 Å². The van der Waals surface area contributed by atoms with Crippen molar-refractivity contribution >= 4 is 34.5 Å². The number of benzene rings is 9. The number of carbonyl (C=O) groups excluding carboxylic acids is 2. The summed E-state index contributed by atoms with van der Waals surface area (Å²) in [4.78, 5) is 30.1. The molecular weight excluding hydrogens is 1090 g/mol. The highest BCUT2D eigenvalue weighted by atomic mass is 16.6. The Labute approximate surface area is 516 Å². The van der Waals surface area contributed by atoms with Crippen molar-refractivity contribution in [2.24, 2.45) is 5.92 Å². The standard InChI is InChI=1S/C78H75NO9/c1-6-8-9-12-51-15-17-52(18-16-51)53-19-21-54(22-20-53)55-23-27-58(28-24-55)75(80)86-64-39-31-57(32-40-64)56-25-29-59(30-26-56)76(81)87-71-49-67-68(50-70(71)83-4)74-66(73-72(67)65-13-10-11-14-69(65)77(73,7-2)84-5)43-44-78(88-74,61-35-41-63(82-3)42-36-61)60-33-37-62(38-34-60)79-45-47-85-48-46-79/h10-11,13-14,19-44,49-52H,6-9,12,15-18,45-48H2,1-5H3. The molecule has 1 saturated heterocycles. The molecule has 10 heteroatoms. The summed E-state index contributed by atoms with van der Waals surface area (Å²) in [6, 6.07) is 60.1. The fraction of sp³-hybridized carbons (Fsp3) is 0.282. The van der Waals surface area contributed by atoms with Gasteiger partial charge in [0.15, 0.2) is 17.1 Å². The van der Waals surface area contributed by atoms with Gasteiger partial charge in [0, 0.05) is 53.5 Å². The molecule has 0 radical (unpaired) electrons. The molecule has 2 aliphatic heterocycles. The molecular formula is C78H75NO9. The molecule has 446 valence electrons. The van der Waals surface area contributed by atoms with Crippen molar-refractivity contribution in [1.82, 2.24) is 0 Å². The predicted molar refractivity (Wildman–Crippen MR) is 349 cm³/mol. The molecule has 2 aliphatic carbocycles. The van der Waals surface area contributed by atoms with E-state index in [2.05, 4.69) is 110 Å². The summed E-state index contributed by atoms with van der Waals surface area (Å²) in [5.74, 6) is 2.99. The van der Waals surface area contributed by atoms with E-state index in [0.717, 1.165) is 102 Å². The first-order valence-corrected chi connectivity index (χ1v) is 31.3. The highest BCUT2D eigenvalue weighted by Crippen LogP contribution is 2.60. The summed E-state index contributed by atoms with van der Waals surface area (Å²) in [6.07, 6.45) is 15.6. The van der Waals surface area contributed by atoms with Crippen LogP contribution in [0.3, 0.4) is 0 Å². The maximum atomic E-state index is 14.4. The number of morpholine rings is 1. The lowest BCUT2D eigenvalue weighted by molar-refractivity contribution is 0.0219. The van der Waals surface area contributed by atoms with E-state index in [4.69, 9.17) is 33.2 Å². The monoisotopic (exact) mass is 1170 g/mol. The molecule has 0 bridgehead atoms. The minimum absolute atomic E-state index is 0.257. The molecule has 2 unspecified atom stereocenters. The van der Waals surface area contributed by atoms with Crippen molar-refractivity contribution in [2.45, 2.75) is 88.8 Å². The molecule has 2 fully saturated rings. The van der Waals surface area contributed by atoms with Gasteiger partial charge in [0.1, 0.15) is 22.8 Å². The molecule has 10 nitrogen and oxygen atoms in total. The van der Waals surface area contributed by atoms with Crippen LogP contribution in [0.5, 0.6) is 28.7 Å². The van der Waals surface area contributed by atoms with E-state index in [1.807, 2.05) is 78.9 Å². The molecule has 9 aromatic rings. The van der Waals surface area contributed by atoms with Crippen molar-refractivity contribution in [3.05, 3.63) is 233 Å². The van der Waals surface area contributed by atoms with Crippen LogP contribution >= 0.6 is 0 Å². The van der Waals surface area contributed by atoms with Gasteiger partial charge in [-0.25, -0.2) is 9.59 Å². The number of methoxy groups -OCH3 is 3. The van der Waals surface area contributed by atoms with Crippen LogP contribution in [-0.2, 0) is 20.7 Å². The van der Waals surface area contributed by atoms with E-state index in [1.54, 1.807) is 45.6 Å². The van der Waals surface area contributed by atoms with E-state index in [-0.39, 0.29) is 5.75 Å². The number of unbranched alkanes of at least 4 members (excludes halogenated alkanes) is 2. The third-order valence-electron chi connectivity index (χ3n) is 19.0. The molecule has 2 atom stereocenters. The first-order chi connectivity index (χ1) is 43.1. The quantitative estimate of drug-likeness (QED) is 0.0469. The van der Waals surface area contributed by atoms with Gasteiger partial charge in [0.2, 0.25) is 0 Å². The van der Waals surface area contributed by atoms with Crippen LogP contribution in [0.2, 0.25) is 0 Å². The predicted octanol–water partition coefficient (Wildman–Crippen LogP) is 17.9. The maximum absolute atomic E-state index is 14.4. The van der Waals surface area contributed by atoms with Gasteiger partial charge < -0.3 is 38.1 Å². The molecule has 4 aliphatic rings. The minimum atomic E-state index is -1.08. The second kappa shape index (κ2) is 25.0. The zero-order valence-corrected chi connectivity index (χ0v) is 50.9. The van der Waals surface area contributed by atoms with Crippen molar-refractivity contribution in [3.63, 3.8) is 0 Å². The number of ether oxygens (including phenoxy) is 7. The summed E-state index contributed by atoms with van der Waals surface area (Å²) < 4.78 is 44.0. The summed E-state index contributed by atoms with van der Waals surface area (Å²) in [5, 5.41) is 1.60. The number of fused-ring (bicyclic) bond motifs is 8. The molecule has 0 spiro atoms. The van der Waals surface area contributed by atoms with Crippen molar-refractivity contribution in [3.8, 4) is 62.1 Å². The van der Waals surface area contributed by atoms with Crippen LogP contribution in [0.15, 0.2) is 188 Å². The topological polar surface area (TPSA) is 102 Å². The van der Waals surface area contributed by atoms with E-state index < -0.39 is 23.1 Å². The van der Waals surface area contributed by atoms with Crippen molar-refractivity contribution in [2.75, 3.05) is 52.5 Å². The SMILES string of the molecule is CCCCCC1CCC(c2ccc(-c3ccc(C(=O)Oc4ccc(-c5ccc(C(=O)Oc6cc7c8c(c9c(c7cc6OC)OC(c6ccc(OC)cc6)(c6ccc(N7CCOCC7)cc6)C=C9)C(CC)(OC)c6ccccc6-8)cc5)cc4)cc3)cc2)CC1. The summed E-state index contributed by atoms with van der Waals surface area (Å²) in [5.41, 5.74) is 12.2. The molecule has 0 aromatic heterocycles. The van der Waals surface area contributed by atoms with Crippen LogP contribution in [0.25, 0.3) is 50.2 Å². The lowest BCUT2D eigenvalue weighted by atomic mass is 9.77. The van der Waals surface area contributed by atoms with Gasteiger partial charge in [-0.15, -0.1) is 0 Å². The van der Waals surface area contributed by atoms with Gasteiger partial charge in [0.05, 0.1) is 38.6 Å². The van der Waals surface area contributed by atoms with Gasteiger partial charge in [-0.1, -0.05) is 155 Å². The fourth-order valence-electron chi connectivity index (χ4n) is 14.1. The number of nitrogens with zero attached hydrogens (tertiary/aromatic N) is 1. The zero-order chi connectivity index (χ0) is 60.4. The molecule has 0 amide bonds. The van der Waals surface area contributed by atoms with Gasteiger partial charge in [-0.05, 0) is 173 Å². The average molecular weight is 1170 g/mol. The number of hydrogen-bond donors (Lipinski definition) is 0. The highest BCUT2D eigenvalue weighted by molar-refractivity contribution is 6.10.